The Hall–Kier alpha value is -2.49. The zero-order valence-corrected chi connectivity index (χ0v) is 16.1. The van der Waals surface area contributed by atoms with Crippen molar-refractivity contribution in [2.24, 2.45) is 0 Å². The number of carbonyl (C=O) groups is 1. The third-order valence-corrected chi connectivity index (χ3v) is 5.06. The minimum Gasteiger partial charge on any atom is -0.444 e. The van der Waals surface area contributed by atoms with E-state index in [1.54, 1.807) is 37.8 Å². The summed E-state index contributed by atoms with van der Waals surface area (Å²) in [6.45, 7) is 5.42. The second-order valence-electron chi connectivity index (χ2n) is 8.31. The smallest absolute Gasteiger partial charge is 0.417 e. The molecule has 3 rings (SSSR count). The second-order valence-corrected chi connectivity index (χ2v) is 8.31. The number of hydrogen-bond donors (Lipinski definition) is 0. The van der Waals surface area contributed by atoms with Crippen molar-refractivity contribution in [2.45, 2.75) is 70.3 Å². The van der Waals surface area contributed by atoms with Crippen molar-refractivity contribution >= 4 is 11.7 Å². The summed E-state index contributed by atoms with van der Waals surface area (Å²) in [6.07, 6.45) is -0.126. The first-order valence-electron chi connectivity index (χ1n) is 9.33. The fourth-order valence-corrected chi connectivity index (χ4v) is 3.92. The number of benzene rings is 1. The molecule has 1 saturated heterocycles. The van der Waals surface area contributed by atoms with Crippen LogP contribution in [0.2, 0.25) is 0 Å². The molecule has 0 saturated carbocycles. The number of halogens is 3. The highest BCUT2D eigenvalue weighted by Gasteiger charge is 2.40. The van der Waals surface area contributed by atoms with Crippen LogP contribution in [0.25, 0.3) is 5.57 Å². The fourth-order valence-electron chi connectivity index (χ4n) is 3.92. The monoisotopic (exact) mass is 392 g/mol. The van der Waals surface area contributed by atoms with Crippen molar-refractivity contribution in [3.05, 3.63) is 41.0 Å². The predicted octanol–water partition coefficient (Wildman–Crippen LogP) is 5.52. The van der Waals surface area contributed by atoms with Crippen LogP contribution < -0.4 is 0 Å². The molecule has 4 nitrogen and oxygen atoms in total. The molecule has 2 aliphatic rings. The highest BCUT2D eigenvalue weighted by molar-refractivity contribution is 5.75. The van der Waals surface area contributed by atoms with Crippen molar-refractivity contribution < 1.29 is 22.7 Å². The van der Waals surface area contributed by atoms with Gasteiger partial charge in [0.1, 0.15) is 5.60 Å². The van der Waals surface area contributed by atoms with Gasteiger partial charge in [-0.05, 0) is 69.7 Å². The van der Waals surface area contributed by atoms with Crippen LogP contribution in [0.3, 0.4) is 0 Å². The molecule has 28 heavy (non-hydrogen) atoms. The van der Waals surface area contributed by atoms with Gasteiger partial charge >= 0.3 is 12.3 Å². The molecule has 1 fully saturated rings. The van der Waals surface area contributed by atoms with Gasteiger partial charge in [-0.25, -0.2) is 4.79 Å². The number of amides is 1. The first-order chi connectivity index (χ1) is 13.0. The van der Waals surface area contributed by atoms with Crippen LogP contribution in [0.15, 0.2) is 24.3 Å². The van der Waals surface area contributed by atoms with E-state index in [0.29, 0.717) is 12.0 Å². The van der Waals surface area contributed by atoms with Crippen molar-refractivity contribution in [3.8, 4) is 6.07 Å². The van der Waals surface area contributed by atoms with Crippen LogP contribution in [-0.4, -0.2) is 28.7 Å². The standard InChI is InChI=1S/C21H23F3N2O2/c1-20(2,3)28-19(27)26-16-5-4-6-17(26)10-15(9-16)13-7-8-14(12-25)18(11-13)21(22,23)24/h7-9,11,16-17H,4-6,10H2,1-3H3. The van der Waals surface area contributed by atoms with Gasteiger partial charge in [-0.2, -0.15) is 18.4 Å². The lowest BCUT2D eigenvalue weighted by molar-refractivity contribution is -0.137. The summed E-state index contributed by atoms with van der Waals surface area (Å²) < 4.78 is 45.4. The molecular formula is C21H23F3N2O2. The van der Waals surface area contributed by atoms with Gasteiger partial charge in [-0.3, -0.25) is 4.90 Å². The van der Waals surface area contributed by atoms with E-state index < -0.39 is 17.3 Å². The summed E-state index contributed by atoms with van der Waals surface area (Å²) in [4.78, 5) is 14.4. The maximum absolute atomic E-state index is 13.3. The van der Waals surface area contributed by atoms with Crippen LogP contribution in [-0.2, 0) is 10.9 Å². The molecule has 150 valence electrons. The lowest BCUT2D eigenvalue weighted by Crippen LogP contribution is -2.53. The molecular weight excluding hydrogens is 369 g/mol. The van der Waals surface area contributed by atoms with Crippen molar-refractivity contribution in [1.29, 1.82) is 5.26 Å². The Balaban J connectivity index is 1.94. The summed E-state index contributed by atoms with van der Waals surface area (Å²) in [5, 5.41) is 8.98. The molecule has 1 aromatic rings. The summed E-state index contributed by atoms with van der Waals surface area (Å²) in [7, 11) is 0. The van der Waals surface area contributed by atoms with Crippen molar-refractivity contribution in [1.82, 2.24) is 4.90 Å². The van der Waals surface area contributed by atoms with E-state index in [1.807, 2.05) is 6.08 Å². The molecule has 2 heterocycles. The number of carbonyl (C=O) groups excluding carboxylic acids is 1. The van der Waals surface area contributed by atoms with Crippen LogP contribution in [0, 0.1) is 11.3 Å². The zero-order chi connectivity index (χ0) is 20.7. The Kier molecular flexibility index (Phi) is 5.18. The summed E-state index contributed by atoms with van der Waals surface area (Å²) in [5.41, 5.74) is -0.683. The van der Waals surface area contributed by atoms with Gasteiger partial charge < -0.3 is 4.74 Å². The van der Waals surface area contributed by atoms with E-state index in [0.717, 1.165) is 30.9 Å². The SMILES string of the molecule is CC(C)(C)OC(=O)N1C2C=C(c3ccc(C#N)c(C(F)(F)F)c3)CC1CCC2. The largest absolute Gasteiger partial charge is 0.444 e. The van der Waals surface area contributed by atoms with Gasteiger partial charge in [0, 0.05) is 6.04 Å². The molecule has 0 aromatic heterocycles. The average molecular weight is 392 g/mol. The molecule has 1 aromatic carbocycles. The highest BCUT2D eigenvalue weighted by atomic mass is 19.4. The summed E-state index contributed by atoms with van der Waals surface area (Å²) in [5.74, 6) is 0. The third-order valence-electron chi connectivity index (χ3n) is 5.06. The molecule has 2 atom stereocenters. The number of nitriles is 1. The van der Waals surface area contributed by atoms with Crippen LogP contribution in [0.5, 0.6) is 0 Å². The number of piperidine rings is 1. The quantitative estimate of drug-likeness (QED) is 0.632. The van der Waals surface area contributed by atoms with E-state index in [4.69, 9.17) is 10.00 Å². The van der Waals surface area contributed by atoms with Gasteiger partial charge in [-0.15, -0.1) is 0 Å². The second kappa shape index (κ2) is 7.16. The molecule has 0 spiro atoms. The number of hydrogen-bond acceptors (Lipinski definition) is 3. The van der Waals surface area contributed by atoms with Gasteiger partial charge in [0.15, 0.2) is 0 Å². The minimum atomic E-state index is -4.59. The third kappa shape index (κ3) is 4.16. The van der Waals surface area contributed by atoms with Crippen LogP contribution in [0.4, 0.5) is 18.0 Å². The molecule has 7 heteroatoms. The van der Waals surface area contributed by atoms with Gasteiger partial charge in [0.25, 0.3) is 0 Å². The number of rotatable bonds is 1. The van der Waals surface area contributed by atoms with Crippen LogP contribution >= 0.6 is 0 Å². The van der Waals surface area contributed by atoms with Gasteiger partial charge in [-0.1, -0.05) is 12.1 Å². The maximum Gasteiger partial charge on any atom is 0.417 e. The van der Waals surface area contributed by atoms with E-state index >= 15 is 0 Å². The highest BCUT2D eigenvalue weighted by Crippen LogP contribution is 2.40. The van der Waals surface area contributed by atoms with Crippen molar-refractivity contribution in [3.63, 3.8) is 0 Å². The molecule has 0 aliphatic carbocycles. The lowest BCUT2D eigenvalue weighted by atomic mass is 9.82. The zero-order valence-electron chi connectivity index (χ0n) is 16.1. The first-order valence-corrected chi connectivity index (χ1v) is 9.33. The molecule has 0 N–H and O–H groups in total. The van der Waals surface area contributed by atoms with Gasteiger partial charge in [0.05, 0.1) is 23.2 Å². The number of fused-ring (bicyclic) bond motifs is 2. The Morgan fingerprint density at radius 1 is 1.25 bits per heavy atom. The summed E-state index contributed by atoms with van der Waals surface area (Å²) in [6, 6.07) is 5.13. The molecule has 2 aliphatic heterocycles. The van der Waals surface area contributed by atoms with Crippen LogP contribution in [0.1, 0.15) is 63.1 Å². The first kappa shape index (κ1) is 20.2. The predicted molar refractivity (Wildman–Crippen MR) is 98.3 cm³/mol. The Bertz CT molecular complexity index is 847. The Morgan fingerprint density at radius 2 is 1.96 bits per heavy atom. The molecule has 2 unspecified atom stereocenters. The maximum atomic E-state index is 13.3. The number of alkyl halides is 3. The topological polar surface area (TPSA) is 53.3 Å². The minimum absolute atomic E-state index is 0.0985. The Morgan fingerprint density at radius 3 is 2.54 bits per heavy atom. The van der Waals surface area contributed by atoms with Gasteiger partial charge in [0.2, 0.25) is 0 Å². The molecule has 1 amide bonds. The molecule has 0 radical (unpaired) electrons. The fraction of sp³-hybridized carbons (Fsp3) is 0.524. The Labute approximate surface area is 162 Å². The number of nitrogens with zero attached hydrogens (tertiary/aromatic N) is 2. The average Bonchev–Trinajstić information content (AvgIpc) is 2.57. The normalized spacial score (nSPS) is 22.3. The van der Waals surface area contributed by atoms with E-state index in [2.05, 4.69) is 0 Å². The van der Waals surface area contributed by atoms with E-state index in [1.165, 1.54) is 6.07 Å². The van der Waals surface area contributed by atoms with E-state index in [-0.39, 0.29) is 23.7 Å². The summed E-state index contributed by atoms with van der Waals surface area (Å²) >= 11 is 0. The van der Waals surface area contributed by atoms with Crippen molar-refractivity contribution in [2.75, 3.05) is 0 Å². The lowest BCUT2D eigenvalue weighted by Gasteiger charge is -2.45. The molecule has 2 bridgehead atoms. The van der Waals surface area contributed by atoms with E-state index in [9.17, 15) is 18.0 Å². The number of ether oxygens (including phenoxy) is 1.